The van der Waals surface area contributed by atoms with Crippen LogP contribution in [0.15, 0.2) is 48.5 Å². The summed E-state index contributed by atoms with van der Waals surface area (Å²) in [4.78, 5) is 39.2. The van der Waals surface area contributed by atoms with Crippen molar-refractivity contribution in [1.29, 1.82) is 0 Å². The number of carbonyl (C=O) groups is 3. The van der Waals surface area contributed by atoms with Gasteiger partial charge in [-0.3, -0.25) is 9.59 Å². The normalized spacial score (nSPS) is 22.1. The summed E-state index contributed by atoms with van der Waals surface area (Å²) in [5.74, 6) is -1.30. The van der Waals surface area contributed by atoms with Crippen LogP contribution in [0.5, 0.6) is 0 Å². The van der Waals surface area contributed by atoms with E-state index >= 15 is 0 Å². The Morgan fingerprint density at radius 3 is 2.21 bits per heavy atom. The zero-order valence-corrected chi connectivity index (χ0v) is 19.3. The quantitative estimate of drug-likeness (QED) is 0.648. The number of hydrogen-bond donors (Lipinski definition) is 2. The van der Waals surface area contributed by atoms with E-state index < -0.39 is 30.1 Å². The van der Waals surface area contributed by atoms with Gasteiger partial charge in [0.25, 0.3) is 0 Å². The van der Waals surface area contributed by atoms with Gasteiger partial charge in [-0.1, -0.05) is 61.4 Å². The lowest BCUT2D eigenvalue weighted by atomic mass is 9.98. The van der Waals surface area contributed by atoms with Crippen LogP contribution < -0.4 is 5.32 Å². The molecule has 2 aromatic rings. The van der Waals surface area contributed by atoms with Gasteiger partial charge in [0.2, 0.25) is 5.91 Å². The minimum absolute atomic E-state index is 0.0503. The second-order valence-electron chi connectivity index (χ2n) is 9.71. The van der Waals surface area contributed by atoms with E-state index in [1.165, 1.54) is 0 Å². The first-order valence-electron chi connectivity index (χ1n) is 12.1. The number of amides is 2. The Kier molecular flexibility index (Phi) is 6.02. The lowest BCUT2D eigenvalue weighted by molar-refractivity contribution is -0.143. The van der Waals surface area contributed by atoms with Crippen molar-refractivity contribution in [1.82, 2.24) is 10.2 Å². The number of alkyl carbamates (subject to hydrolysis) is 1. The highest BCUT2D eigenvalue weighted by molar-refractivity contribution is 5.87. The molecule has 2 amide bonds. The summed E-state index contributed by atoms with van der Waals surface area (Å²) in [6, 6.07) is 15.2. The average Bonchev–Trinajstić information content (AvgIpc) is 3.48. The Hall–Kier alpha value is -3.35. The third kappa shape index (κ3) is 4.27. The number of hydrogen-bond acceptors (Lipinski definition) is 4. The van der Waals surface area contributed by atoms with Crippen molar-refractivity contribution in [2.45, 2.75) is 50.6 Å². The van der Waals surface area contributed by atoms with Crippen molar-refractivity contribution in [3.63, 3.8) is 0 Å². The fraction of sp³-hybridized carbons (Fsp3) is 0.444. The molecule has 3 unspecified atom stereocenters. The summed E-state index contributed by atoms with van der Waals surface area (Å²) in [7, 11) is 0. The maximum atomic E-state index is 13.3. The molecule has 7 heteroatoms. The lowest BCUT2D eigenvalue weighted by Gasteiger charge is -2.28. The number of likely N-dealkylation sites (tertiary alicyclic amines) is 1. The molecule has 1 aliphatic heterocycles. The van der Waals surface area contributed by atoms with E-state index in [2.05, 4.69) is 29.6 Å². The first kappa shape index (κ1) is 22.4. The second-order valence-corrected chi connectivity index (χ2v) is 9.71. The molecule has 0 aromatic heterocycles. The number of fused-ring (bicyclic) bond motifs is 3. The Morgan fingerprint density at radius 2 is 1.65 bits per heavy atom. The number of nitrogens with zero attached hydrogens (tertiary/aromatic N) is 1. The molecule has 1 saturated carbocycles. The minimum atomic E-state index is -0.883. The molecule has 2 N–H and O–H groups in total. The van der Waals surface area contributed by atoms with Crippen LogP contribution in [0.3, 0.4) is 0 Å². The maximum Gasteiger partial charge on any atom is 0.407 e. The first-order valence-corrected chi connectivity index (χ1v) is 12.1. The Balaban J connectivity index is 1.25. The summed E-state index contributed by atoms with van der Waals surface area (Å²) in [6.45, 7) is 2.35. The zero-order chi connectivity index (χ0) is 23.8. The molecule has 5 rings (SSSR count). The van der Waals surface area contributed by atoms with Crippen LogP contribution in [0.2, 0.25) is 0 Å². The number of nitrogens with one attached hydrogen (secondary N) is 1. The van der Waals surface area contributed by atoms with Crippen LogP contribution in [0.1, 0.15) is 49.7 Å². The summed E-state index contributed by atoms with van der Waals surface area (Å²) >= 11 is 0. The zero-order valence-electron chi connectivity index (χ0n) is 19.3. The number of ether oxygens (including phenoxy) is 1. The third-order valence-electron chi connectivity index (χ3n) is 7.56. The Labute approximate surface area is 199 Å². The number of carbonyl (C=O) groups excluding carboxylic acids is 2. The van der Waals surface area contributed by atoms with Crippen molar-refractivity contribution in [3.8, 4) is 11.1 Å². The first-order chi connectivity index (χ1) is 16.4. The highest BCUT2D eigenvalue weighted by atomic mass is 16.5. The van der Waals surface area contributed by atoms with Crippen LogP contribution in [0.25, 0.3) is 11.1 Å². The molecule has 2 aromatic carbocycles. The van der Waals surface area contributed by atoms with Crippen LogP contribution in [-0.4, -0.2) is 53.2 Å². The SMILES string of the molecule is CC1C(C(=O)O)CCN1C(=O)C(CC1CC1)NC(=O)OCC1c2ccccc2-c2ccccc21. The third-order valence-corrected chi connectivity index (χ3v) is 7.56. The van der Waals surface area contributed by atoms with Gasteiger partial charge in [0.15, 0.2) is 0 Å². The molecule has 3 atom stereocenters. The van der Waals surface area contributed by atoms with Crippen molar-refractivity contribution in [2.75, 3.05) is 13.2 Å². The standard InChI is InChI=1S/C27H30N2O5/c1-16-18(26(31)32)12-13-29(16)25(30)24(14-17-10-11-17)28-27(33)34-15-23-21-8-4-2-6-19(21)20-7-3-5-9-22(20)23/h2-9,16-18,23-24H,10-15H2,1H3,(H,28,33)(H,31,32). The van der Waals surface area contributed by atoms with E-state index in [0.717, 1.165) is 35.1 Å². The van der Waals surface area contributed by atoms with E-state index in [1.807, 2.05) is 24.3 Å². The number of rotatable bonds is 7. The fourth-order valence-electron chi connectivity index (χ4n) is 5.47. The maximum absolute atomic E-state index is 13.3. The molecule has 2 aliphatic carbocycles. The van der Waals surface area contributed by atoms with E-state index in [1.54, 1.807) is 11.8 Å². The van der Waals surface area contributed by atoms with Crippen molar-refractivity contribution in [2.24, 2.45) is 11.8 Å². The molecule has 3 aliphatic rings. The summed E-state index contributed by atoms with van der Waals surface area (Å²) in [5.41, 5.74) is 4.58. The smallest absolute Gasteiger partial charge is 0.407 e. The van der Waals surface area contributed by atoms with E-state index in [4.69, 9.17) is 4.74 Å². The van der Waals surface area contributed by atoms with Gasteiger partial charge in [0.05, 0.1) is 5.92 Å². The molecular formula is C27H30N2O5. The summed E-state index contributed by atoms with van der Waals surface area (Å²) < 4.78 is 5.66. The van der Waals surface area contributed by atoms with Gasteiger partial charge in [0.1, 0.15) is 12.6 Å². The van der Waals surface area contributed by atoms with Gasteiger partial charge in [-0.2, -0.15) is 0 Å². The molecule has 7 nitrogen and oxygen atoms in total. The largest absolute Gasteiger partial charge is 0.481 e. The van der Waals surface area contributed by atoms with Crippen molar-refractivity contribution >= 4 is 18.0 Å². The fourth-order valence-corrected chi connectivity index (χ4v) is 5.47. The molecule has 2 fully saturated rings. The Morgan fingerprint density at radius 1 is 1.03 bits per heavy atom. The second kappa shape index (κ2) is 9.12. The molecular weight excluding hydrogens is 432 g/mol. The molecule has 178 valence electrons. The van der Waals surface area contributed by atoms with Crippen LogP contribution in [0, 0.1) is 11.8 Å². The number of carboxylic acids is 1. The highest BCUT2D eigenvalue weighted by Crippen LogP contribution is 2.44. The van der Waals surface area contributed by atoms with Gasteiger partial charge in [-0.25, -0.2) is 4.79 Å². The highest BCUT2D eigenvalue weighted by Gasteiger charge is 2.42. The molecule has 0 spiro atoms. The average molecular weight is 463 g/mol. The van der Waals surface area contributed by atoms with Crippen molar-refractivity contribution < 1.29 is 24.2 Å². The molecule has 34 heavy (non-hydrogen) atoms. The number of carboxylic acid groups (broad SMARTS) is 1. The van der Waals surface area contributed by atoms with Crippen LogP contribution >= 0.6 is 0 Å². The topological polar surface area (TPSA) is 95.9 Å². The number of benzene rings is 2. The molecule has 0 bridgehead atoms. The monoisotopic (exact) mass is 462 g/mol. The lowest BCUT2D eigenvalue weighted by Crippen LogP contribution is -2.50. The summed E-state index contributed by atoms with van der Waals surface area (Å²) in [5, 5.41) is 12.2. The van der Waals surface area contributed by atoms with Crippen LogP contribution in [-0.2, 0) is 14.3 Å². The van der Waals surface area contributed by atoms with Crippen LogP contribution in [0.4, 0.5) is 4.79 Å². The molecule has 1 heterocycles. The molecule has 0 radical (unpaired) electrons. The van der Waals surface area contributed by atoms with Crippen molar-refractivity contribution in [3.05, 3.63) is 59.7 Å². The molecule has 1 saturated heterocycles. The van der Waals surface area contributed by atoms with E-state index in [0.29, 0.717) is 25.3 Å². The van der Waals surface area contributed by atoms with Gasteiger partial charge in [-0.05, 0) is 47.9 Å². The van der Waals surface area contributed by atoms with Gasteiger partial charge < -0.3 is 20.1 Å². The minimum Gasteiger partial charge on any atom is -0.481 e. The predicted octanol–water partition coefficient (Wildman–Crippen LogP) is 4.02. The van der Waals surface area contributed by atoms with Gasteiger partial charge in [0, 0.05) is 18.5 Å². The number of aliphatic carboxylic acids is 1. The summed E-state index contributed by atoms with van der Waals surface area (Å²) in [6.07, 6.45) is 2.47. The predicted molar refractivity (Wildman–Crippen MR) is 126 cm³/mol. The van der Waals surface area contributed by atoms with E-state index in [-0.39, 0.29) is 18.4 Å². The van der Waals surface area contributed by atoms with E-state index in [9.17, 15) is 19.5 Å². The van der Waals surface area contributed by atoms with Gasteiger partial charge in [-0.15, -0.1) is 0 Å². The Bertz CT molecular complexity index is 1070. The van der Waals surface area contributed by atoms with Gasteiger partial charge >= 0.3 is 12.1 Å².